The van der Waals surface area contributed by atoms with E-state index in [1.807, 2.05) is 37.3 Å². The average Bonchev–Trinajstić information content (AvgIpc) is 2.88. The number of benzene rings is 4. The van der Waals surface area contributed by atoms with E-state index in [1.54, 1.807) is 36.4 Å². The molecule has 1 unspecified atom stereocenters. The van der Waals surface area contributed by atoms with E-state index in [0.717, 1.165) is 11.1 Å². The number of amides is 2. The van der Waals surface area contributed by atoms with Gasteiger partial charge in [0.05, 0.1) is 19.0 Å². The van der Waals surface area contributed by atoms with Crippen LogP contribution in [0.3, 0.4) is 0 Å². The highest BCUT2D eigenvalue weighted by molar-refractivity contribution is 6.06. The molecule has 0 radical (unpaired) electrons. The lowest BCUT2D eigenvalue weighted by molar-refractivity contribution is -0.121. The van der Waals surface area contributed by atoms with Gasteiger partial charge in [0, 0.05) is 11.3 Å². The molecule has 2 amide bonds. The fourth-order valence-corrected chi connectivity index (χ4v) is 3.97. The Bertz CT molecular complexity index is 1340. The number of halogens is 2. The minimum atomic E-state index is -0.516. The summed E-state index contributed by atoms with van der Waals surface area (Å²) in [5, 5.41) is 2.99. The molecule has 0 heterocycles. The molecule has 1 atom stereocenters. The van der Waals surface area contributed by atoms with Crippen LogP contribution in [0.1, 0.15) is 40.0 Å². The van der Waals surface area contributed by atoms with Crippen LogP contribution < -0.4 is 10.2 Å². The minimum absolute atomic E-state index is 0.0987. The van der Waals surface area contributed by atoms with E-state index < -0.39 is 17.5 Å². The predicted molar refractivity (Wildman–Crippen MR) is 136 cm³/mol. The van der Waals surface area contributed by atoms with E-state index in [1.165, 1.54) is 41.3 Å². The molecule has 4 rings (SSSR count). The first-order valence-electron chi connectivity index (χ1n) is 11.6. The Morgan fingerprint density at radius 2 is 1.44 bits per heavy atom. The van der Waals surface area contributed by atoms with Crippen molar-refractivity contribution in [1.82, 2.24) is 5.32 Å². The molecule has 0 aliphatic heterocycles. The molecule has 0 saturated heterocycles. The zero-order valence-electron chi connectivity index (χ0n) is 19.8. The first-order chi connectivity index (χ1) is 17.4. The van der Waals surface area contributed by atoms with Gasteiger partial charge in [0.1, 0.15) is 11.6 Å². The van der Waals surface area contributed by atoms with Crippen LogP contribution in [0.15, 0.2) is 103 Å². The Labute approximate surface area is 209 Å². The Kier molecular flexibility index (Phi) is 7.85. The van der Waals surface area contributed by atoms with E-state index in [2.05, 4.69) is 5.32 Å². The monoisotopic (exact) mass is 484 g/mol. The van der Waals surface area contributed by atoms with E-state index in [0.29, 0.717) is 11.3 Å². The van der Waals surface area contributed by atoms with Crippen molar-refractivity contribution in [3.8, 4) is 0 Å². The van der Waals surface area contributed by atoms with Gasteiger partial charge in [-0.2, -0.15) is 0 Å². The summed E-state index contributed by atoms with van der Waals surface area (Å²) >= 11 is 0. The van der Waals surface area contributed by atoms with Gasteiger partial charge < -0.3 is 10.2 Å². The van der Waals surface area contributed by atoms with Crippen LogP contribution >= 0.6 is 0 Å². The SMILES string of the molecule is CC(NC(=O)Cc1ccc(N(Cc2cccc(F)c2)C(=O)c2cccc(F)c2)cc1)c1ccccc1. The van der Waals surface area contributed by atoms with Crippen LogP contribution in [0.25, 0.3) is 0 Å². The standard InChI is InChI=1S/C30H26F2N2O2/c1-21(24-8-3-2-4-9-24)33-29(35)18-22-13-15-28(16-14-22)34(20-23-7-5-11-26(31)17-23)30(36)25-10-6-12-27(32)19-25/h2-17,19,21H,18,20H2,1H3,(H,33,35). The summed E-state index contributed by atoms with van der Waals surface area (Å²) in [4.78, 5) is 27.3. The molecular weight excluding hydrogens is 458 g/mol. The van der Waals surface area contributed by atoms with E-state index in [-0.39, 0.29) is 30.5 Å². The maximum Gasteiger partial charge on any atom is 0.258 e. The lowest BCUT2D eigenvalue weighted by atomic mass is 10.1. The Morgan fingerprint density at radius 1 is 0.778 bits per heavy atom. The fourth-order valence-electron chi connectivity index (χ4n) is 3.97. The van der Waals surface area contributed by atoms with E-state index in [4.69, 9.17) is 0 Å². The van der Waals surface area contributed by atoms with Crippen molar-refractivity contribution in [1.29, 1.82) is 0 Å². The van der Waals surface area contributed by atoms with Crippen LogP contribution in [0, 0.1) is 11.6 Å². The van der Waals surface area contributed by atoms with Gasteiger partial charge in [0.25, 0.3) is 5.91 Å². The third-order valence-electron chi connectivity index (χ3n) is 5.84. The average molecular weight is 485 g/mol. The molecule has 0 aliphatic rings. The normalized spacial score (nSPS) is 11.5. The van der Waals surface area contributed by atoms with Crippen molar-refractivity contribution in [3.63, 3.8) is 0 Å². The van der Waals surface area contributed by atoms with Crippen LogP contribution in [-0.2, 0) is 17.8 Å². The third kappa shape index (κ3) is 6.42. The summed E-state index contributed by atoms with van der Waals surface area (Å²) in [6.45, 7) is 2.03. The molecule has 1 N–H and O–H groups in total. The lowest BCUT2D eigenvalue weighted by Gasteiger charge is -2.24. The van der Waals surface area contributed by atoms with Gasteiger partial charge in [-0.3, -0.25) is 9.59 Å². The summed E-state index contributed by atoms with van der Waals surface area (Å²) in [5.41, 5.74) is 3.13. The predicted octanol–water partition coefficient (Wildman–Crippen LogP) is 6.23. The summed E-state index contributed by atoms with van der Waals surface area (Å²) in [6.07, 6.45) is 0.180. The molecule has 0 aromatic heterocycles. The van der Waals surface area contributed by atoms with E-state index >= 15 is 0 Å². The molecule has 0 fully saturated rings. The van der Waals surface area contributed by atoms with Gasteiger partial charge in [0.15, 0.2) is 0 Å². The molecule has 0 aliphatic carbocycles. The highest BCUT2D eigenvalue weighted by atomic mass is 19.1. The quantitative estimate of drug-likeness (QED) is 0.322. The lowest BCUT2D eigenvalue weighted by Crippen LogP contribution is -2.30. The zero-order valence-corrected chi connectivity index (χ0v) is 19.8. The number of carbonyl (C=O) groups is 2. The summed E-state index contributed by atoms with van der Waals surface area (Å²) in [7, 11) is 0. The molecule has 182 valence electrons. The fraction of sp³-hybridized carbons (Fsp3) is 0.133. The summed E-state index contributed by atoms with van der Waals surface area (Å²) in [6, 6.07) is 28.1. The largest absolute Gasteiger partial charge is 0.349 e. The molecule has 4 aromatic rings. The smallest absolute Gasteiger partial charge is 0.258 e. The van der Waals surface area contributed by atoms with Crippen molar-refractivity contribution in [2.75, 3.05) is 4.90 Å². The van der Waals surface area contributed by atoms with Gasteiger partial charge in [-0.15, -0.1) is 0 Å². The highest BCUT2D eigenvalue weighted by Crippen LogP contribution is 2.22. The number of nitrogens with zero attached hydrogens (tertiary/aromatic N) is 1. The van der Waals surface area contributed by atoms with Crippen LogP contribution in [0.2, 0.25) is 0 Å². The Morgan fingerprint density at radius 3 is 2.11 bits per heavy atom. The first kappa shape index (κ1) is 24.8. The second-order valence-corrected chi connectivity index (χ2v) is 8.57. The number of anilines is 1. The maximum atomic E-state index is 13.8. The Hall–Kier alpha value is -4.32. The van der Waals surface area contributed by atoms with E-state index in [9.17, 15) is 18.4 Å². The van der Waals surface area contributed by atoms with Crippen molar-refractivity contribution < 1.29 is 18.4 Å². The molecule has 0 bridgehead atoms. The molecule has 4 aromatic carbocycles. The van der Waals surface area contributed by atoms with Gasteiger partial charge >= 0.3 is 0 Å². The number of hydrogen-bond acceptors (Lipinski definition) is 2. The first-order valence-corrected chi connectivity index (χ1v) is 11.6. The molecule has 36 heavy (non-hydrogen) atoms. The summed E-state index contributed by atoms with van der Waals surface area (Å²) < 4.78 is 27.6. The topological polar surface area (TPSA) is 49.4 Å². The van der Waals surface area contributed by atoms with Gasteiger partial charge in [-0.05, 0) is 66.1 Å². The second-order valence-electron chi connectivity index (χ2n) is 8.57. The van der Waals surface area contributed by atoms with Crippen molar-refractivity contribution in [2.24, 2.45) is 0 Å². The van der Waals surface area contributed by atoms with Crippen molar-refractivity contribution >= 4 is 17.5 Å². The minimum Gasteiger partial charge on any atom is -0.349 e. The number of nitrogens with one attached hydrogen (secondary N) is 1. The maximum absolute atomic E-state index is 13.8. The zero-order chi connectivity index (χ0) is 25.5. The third-order valence-corrected chi connectivity index (χ3v) is 5.84. The summed E-state index contributed by atoms with van der Waals surface area (Å²) in [5.74, 6) is -1.46. The van der Waals surface area contributed by atoms with Gasteiger partial charge in [0.2, 0.25) is 5.91 Å². The molecule has 0 saturated carbocycles. The molecule has 6 heteroatoms. The van der Waals surface area contributed by atoms with Crippen LogP contribution in [0.5, 0.6) is 0 Å². The Balaban J connectivity index is 1.51. The molecule has 4 nitrogen and oxygen atoms in total. The van der Waals surface area contributed by atoms with Gasteiger partial charge in [-0.1, -0.05) is 60.7 Å². The van der Waals surface area contributed by atoms with Crippen molar-refractivity contribution in [3.05, 3.63) is 137 Å². The number of carbonyl (C=O) groups excluding carboxylic acids is 2. The van der Waals surface area contributed by atoms with Crippen LogP contribution in [-0.4, -0.2) is 11.8 Å². The highest BCUT2D eigenvalue weighted by Gasteiger charge is 2.19. The number of rotatable bonds is 8. The van der Waals surface area contributed by atoms with Crippen molar-refractivity contribution in [2.45, 2.75) is 25.9 Å². The second kappa shape index (κ2) is 11.4. The van der Waals surface area contributed by atoms with Gasteiger partial charge in [-0.25, -0.2) is 8.78 Å². The van der Waals surface area contributed by atoms with Crippen LogP contribution in [0.4, 0.5) is 14.5 Å². The molecule has 0 spiro atoms. The number of hydrogen-bond donors (Lipinski definition) is 1. The molecular formula is C30H26F2N2O2.